The fourth-order valence-electron chi connectivity index (χ4n) is 2.76. The largest absolute Gasteiger partial charge is 0.481 e. The van der Waals surface area contributed by atoms with Crippen LogP contribution in [0.15, 0.2) is 24.3 Å². The summed E-state index contributed by atoms with van der Waals surface area (Å²) in [6, 6.07) is 8.06. The lowest BCUT2D eigenvalue weighted by Gasteiger charge is -2.25. The van der Waals surface area contributed by atoms with Crippen molar-refractivity contribution in [2.75, 3.05) is 0 Å². The van der Waals surface area contributed by atoms with Crippen LogP contribution < -0.4 is 5.32 Å². The molecule has 4 nitrogen and oxygen atoms in total. The van der Waals surface area contributed by atoms with Crippen LogP contribution in [0.5, 0.6) is 0 Å². The minimum atomic E-state index is -0.733. The second-order valence-corrected chi connectivity index (χ2v) is 5.59. The lowest BCUT2D eigenvalue weighted by atomic mass is 9.81. The number of benzene rings is 1. The summed E-state index contributed by atoms with van der Waals surface area (Å²) >= 11 is 0. The van der Waals surface area contributed by atoms with Crippen LogP contribution in [0.1, 0.15) is 36.8 Å². The molecular weight excluding hydrogens is 254 g/mol. The van der Waals surface area contributed by atoms with Gasteiger partial charge in [0.1, 0.15) is 0 Å². The number of aryl methyl sites for hydroxylation is 1. The molecule has 2 N–H and O–H groups in total. The molecule has 0 heterocycles. The molecule has 1 aromatic carbocycles. The van der Waals surface area contributed by atoms with Crippen molar-refractivity contribution in [1.82, 2.24) is 5.32 Å². The second kappa shape index (κ2) is 6.55. The molecule has 1 aliphatic rings. The van der Waals surface area contributed by atoms with Crippen molar-refractivity contribution >= 4 is 11.9 Å². The maximum absolute atomic E-state index is 12.1. The highest BCUT2D eigenvalue weighted by molar-refractivity contribution is 5.79. The predicted molar refractivity (Wildman–Crippen MR) is 76.1 cm³/mol. The minimum Gasteiger partial charge on any atom is -0.481 e. The van der Waals surface area contributed by atoms with Crippen LogP contribution in [-0.4, -0.2) is 17.0 Å². The normalized spacial score (nSPS) is 22.2. The van der Waals surface area contributed by atoms with Crippen LogP contribution in [-0.2, 0) is 16.1 Å². The molecule has 0 saturated heterocycles. The SMILES string of the molecule is Cc1cccc(CNC(=O)C2CCC(C(=O)O)CC2)c1. The molecule has 0 spiro atoms. The summed E-state index contributed by atoms with van der Waals surface area (Å²) in [5.41, 5.74) is 2.27. The van der Waals surface area contributed by atoms with E-state index < -0.39 is 5.97 Å². The molecule has 4 heteroatoms. The van der Waals surface area contributed by atoms with Crippen molar-refractivity contribution < 1.29 is 14.7 Å². The highest BCUT2D eigenvalue weighted by atomic mass is 16.4. The van der Waals surface area contributed by atoms with Crippen LogP contribution in [0.25, 0.3) is 0 Å². The van der Waals surface area contributed by atoms with Gasteiger partial charge < -0.3 is 10.4 Å². The molecule has 0 atom stereocenters. The third-order valence-electron chi connectivity index (χ3n) is 4.00. The monoisotopic (exact) mass is 275 g/mol. The van der Waals surface area contributed by atoms with Gasteiger partial charge in [-0.15, -0.1) is 0 Å². The molecule has 0 bridgehead atoms. The fourth-order valence-corrected chi connectivity index (χ4v) is 2.76. The van der Waals surface area contributed by atoms with Gasteiger partial charge in [-0.3, -0.25) is 9.59 Å². The summed E-state index contributed by atoms with van der Waals surface area (Å²) in [5.74, 6) is -0.981. The van der Waals surface area contributed by atoms with Crippen LogP contribution in [0.2, 0.25) is 0 Å². The van der Waals surface area contributed by atoms with Crippen molar-refractivity contribution in [3.8, 4) is 0 Å². The van der Waals surface area contributed by atoms with E-state index in [1.165, 1.54) is 5.56 Å². The van der Waals surface area contributed by atoms with Crippen molar-refractivity contribution in [2.45, 2.75) is 39.2 Å². The Morgan fingerprint density at radius 2 is 1.85 bits per heavy atom. The van der Waals surface area contributed by atoms with E-state index in [4.69, 9.17) is 5.11 Å². The van der Waals surface area contributed by atoms with Gasteiger partial charge in [0.2, 0.25) is 5.91 Å². The van der Waals surface area contributed by atoms with E-state index in [2.05, 4.69) is 11.4 Å². The smallest absolute Gasteiger partial charge is 0.306 e. The van der Waals surface area contributed by atoms with Gasteiger partial charge in [0, 0.05) is 12.5 Å². The van der Waals surface area contributed by atoms with Gasteiger partial charge in [-0.2, -0.15) is 0 Å². The highest BCUT2D eigenvalue weighted by Crippen LogP contribution is 2.29. The number of carbonyl (C=O) groups is 2. The zero-order chi connectivity index (χ0) is 14.5. The molecule has 108 valence electrons. The molecule has 1 aromatic rings. The van der Waals surface area contributed by atoms with Gasteiger partial charge in [-0.05, 0) is 38.2 Å². The van der Waals surface area contributed by atoms with Crippen LogP contribution in [0, 0.1) is 18.8 Å². The molecule has 0 unspecified atom stereocenters. The number of carboxylic acids is 1. The molecule has 1 amide bonds. The first-order valence-electron chi connectivity index (χ1n) is 7.12. The Kier molecular flexibility index (Phi) is 4.77. The average molecular weight is 275 g/mol. The van der Waals surface area contributed by atoms with E-state index in [0.29, 0.717) is 32.2 Å². The van der Waals surface area contributed by atoms with Crippen LogP contribution >= 0.6 is 0 Å². The summed E-state index contributed by atoms with van der Waals surface area (Å²) in [4.78, 5) is 22.9. The molecule has 1 aliphatic carbocycles. The van der Waals surface area contributed by atoms with E-state index in [9.17, 15) is 9.59 Å². The lowest BCUT2D eigenvalue weighted by molar-refractivity contribution is -0.144. The van der Waals surface area contributed by atoms with Crippen molar-refractivity contribution in [1.29, 1.82) is 0 Å². The minimum absolute atomic E-state index is 0.0320. The summed E-state index contributed by atoms with van der Waals surface area (Å²) in [6.07, 6.45) is 2.57. The number of carboxylic acid groups (broad SMARTS) is 1. The Balaban J connectivity index is 1.80. The first-order valence-corrected chi connectivity index (χ1v) is 7.12. The number of nitrogens with one attached hydrogen (secondary N) is 1. The van der Waals surface area contributed by atoms with E-state index in [-0.39, 0.29) is 17.7 Å². The van der Waals surface area contributed by atoms with Gasteiger partial charge in [0.05, 0.1) is 5.92 Å². The number of aliphatic carboxylic acids is 1. The Bertz CT molecular complexity index is 490. The lowest BCUT2D eigenvalue weighted by Crippen LogP contribution is -2.34. The Labute approximate surface area is 119 Å². The zero-order valence-corrected chi connectivity index (χ0v) is 11.8. The van der Waals surface area contributed by atoms with Crippen molar-refractivity contribution in [3.05, 3.63) is 35.4 Å². The Morgan fingerprint density at radius 1 is 1.20 bits per heavy atom. The number of amides is 1. The standard InChI is InChI=1S/C16H21NO3/c1-11-3-2-4-12(9-11)10-17-15(18)13-5-7-14(8-6-13)16(19)20/h2-4,9,13-14H,5-8,10H2,1H3,(H,17,18)(H,19,20). The van der Waals surface area contributed by atoms with E-state index in [1.54, 1.807) is 0 Å². The quantitative estimate of drug-likeness (QED) is 0.887. The molecule has 1 fully saturated rings. The highest BCUT2D eigenvalue weighted by Gasteiger charge is 2.29. The first kappa shape index (κ1) is 14.6. The first-order chi connectivity index (χ1) is 9.56. The fraction of sp³-hybridized carbons (Fsp3) is 0.500. The summed E-state index contributed by atoms with van der Waals surface area (Å²) in [7, 11) is 0. The Morgan fingerprint density at radius 3 is 2.45 bits per heavy atom. The Hall–Kier alpha value is -1.84. The number of hydrogen-bond acceptors (Lipinski definition) is 2. The van der Waals surface area contributed by atoms with E-state index in [0.717, 1.165) is 5.56 Å². The van der Waals surface area contributed by atoms with E-state index >= 15 is 0 Å². The molecule has 1 saturated carbocycles. The zero-order valence-electron chi connectivity index (χ0n) is 11.8. The molecule has 0 aliphatic heterocycles. The molecule has 20 heavy (non-hydrogen) atoms. The maximum atomic E-state index is 12.1. The van der Waals surface area contributed by atoms with Crippen molar-refractivity contribution in [3.63, 3.8) is 0 Å². The van der Waals surface area contributed by atoms with Crippen LogP contribution in [0.4, 0.5) is 0 Å². The van der Waals surface area contributed by atoms with Gasteiger partial charge in [-0.25, -0.2) is 0 Å². The average Bonchev–Trinajstić information content (AvgIpc) is 2.45. The maximum Gasteiger partial charge on any atom is 0.306 e. The van der Waals surface area contributed by atoms with E-state index in [1.807, 2.05) is 25.1 Å². The summed E-state index contributed by atoms with van der Waals surface area (Å²) < 4.78 is 0. The van der Waals surface area contributed by atoms with Gasteiger partial charge in [-0.1, -0.05) is 29.8 Å². The van der Waals surface area contributed by atoms with Crippen molar-refractivity contribution in [2.24, 2.45) is 11.8 Å². The molecule has 0 aromatic heterocycles. The number of hydrogen-bond donors (Lipinski definition) is 2. The molecule has 2 rings (SSSR count). The molecule has 0 radical (unpaired) electrons. The predicted octanol–water partition coefficient (Wildman–Crippen LogP) is 2.50. The topological polar surface area (TPSA) is 66.4 Å². The van der Waals surface area contributed by atoms with Gasteiger partial charge in [0.25, 0.3) is 0 Å². The number of carbonyl (C=O) groups excluding carboxylic acids is 1. The summed E-state index contributed by atoms with van der Waals surface area (Å²) in [6.45, 7) is 2.57. The third kappa shape index (κ3) is 3.83. The van der Waals surface area contributed by atoms with Gasteiger partial charge >= 0.3 is 5.97 Å². The second-order valence-electron chi connectivity index (χ2n) is 5.59. The number of rotatable bonds is 4. The third-order valence-corrected chi connectivity index (χ3v) is 4.00. The summed E-state index contributed by atoms with van der Waals surface area (Å²) in [5, 5.41) is 11.9. The van der Waals surface area contributed by atoms with Gasteiger partial charge in [0.15, 0.2) is 0 Å². The molecular formula is C16H21NO3. The van der Waals surface area contributed by atoms with Crippen LogP contribution in [0.3, 0.4) is 0 Å².